The number of nitrogens with one attached hydrogen (secondary N) is 1. The number of carbonyl (C=O) groups is 1. The number of likely N-dealkylation sites (N-methyl/N-ethyl adjacent to an activating group) is 1. The highest BCUT2D eigenvalue weighted by atomic mass is 19.1. The Morgan fingerprint density at radius 3 is 2.37 bits per heavy atom. The van der Waals surface area contributed by atoms with Crippen LogP contribution in [-0.4, -0.2) is 41.0 Å². The number of nitrogens with zero attached hydrogens (tertiary/aromatic N) is 3. The molecule has 5 nitrogen and oxygen atoms in total. The minimum absolute atomic E-state index is 0.0572. The number of hydrogen-bond acceptors (Lipinski definition) is 3. The van der Waals surface area contributed by atoms with E-state index >= 15 is 0 Å². The molecule has 3 rings (SSSR count). The largest absolute Gasteiger partial charge is 0.350 e. The lowest BCUT2D eigenvalue weighted by Crippen LogP contribution is -2.35. The van der Waals surface area contributed by atoms with Gasteiger partial charge in [0, 0.05) is 35.8 Å². The normalized spacial score (nSPS) is 12.2. The highest BCUT2D eigenvalue weighted by Crippen LogP contribution is 2.24. The van der Waals surface area contributed by atoms with E-state index in [1.165, 1.54) is 18.2 Å². The third-order valence-corrected chi connectivity index (χ3v) is 4.34. The van der Waals surface area contributed by atoms with Gasteiger partial charge in [0.05, 0.1) is 12.4 Å². The fourth-order valence-electron chi connectivity index (χ4n) is 2.86. The first-order valence-electron chi connectivity index (χ1n) is 8.44. The molecule has 1 N–H and O–H groups in total. The highest BCUT2D eigenvalue weighted by Gasteiger charge is 2.22. The third-order valence-electron chi connectivity index (χ3n) is 4.34. The lowest BCUT2D eigenvalue weighted by atomic mass is 10.0. The van der Waals surface area contributed by atoms with Crippen molar-refractivity contribution in [3.8, 4) is 5.69 Å². The lowest BCUT2D eigenvalue weighted by Gasteiger charge is -2.25. The standard InChI is InChI=1S/C20H20F2N4O/c1-25(2)18(19-16(21)4-3-5-17(19)22)12-24-20(27)14-6-8-15(9-7-14)26-11-10-23-13-26/h3-11,13,18H,12H2,1-2H3,(H,24,27). The first-order chi connectivity index (χ1) is 13.0. The van der Waals surface area contributed by atoms with E-state index in [-0.39, 0.29) is 18.0 Å². The van der Waals surface area contributed by atoms with Gasteiger partial charge in [0.1, 0.15) is 11.6 Å². The van der Waals surface area contributed by atoms with Gasteiger partial charge in [0.15, 0.2) is 0 Å². The molecule has 3 aromatic rings. The van der Waals surface area contributed by atoms with Gasteiger partial charge in [-0.05, 0) is 50.5 Å². The predicted octanol–water partition coefficient (Wildman–Crippen LogP) is 3.18. The Morgan fingerprint density at radius 2 is 1.81 bits per heavy atom. The van der Waals surface area contributed by atoms with Crippen molar-refractivity contribution in [2.45, 2.75) is 6.04 Å². The molecule has 7 heteroatoms. The lowest BCUT2D eigenvalue weighted by molar-refractivity contribution is 0.0940. The zero-order chi connectivity index (χ0) is 19.4. The van der Waals surface area contributed by atoms with E-state index in [2.05, 4.69) is 10.3 Å². The fourth-order valence-corrected chi connectivity index (χ4v) is 2.86. The van der Waals surface area contributed by atoms with Crippen LogP contribution in [-0.2, 0) is 0 Å². The quantitative estimate of drug-likeness (QED) is 0.725. The molecule has 0 saturated carbocycles. The summed E-state index contributed by atoms with van der Waals surface area (Å²) in [6, 6.07) is 10.1. The number of carbonyl (C=O) groups excluding carboxylic acids is 1. The van der Waals surface area contributed by atoms with Crippen molar-refractivity contribution in [1.82, 2.24) is 19.8 Å². The molecule has 140 valence electrons. The molecule has 0 aliphatic heterocycles. The molecule has 1 heterocycles. The molecule has 0 radical (unpaired) electrons. The zero-order valence-corrected chi connectivity index (χ0v) is 15.1. The summed E-state index contributed by atoms with van der Waals surface area (Å²) >= 11 is 0. The van der Waals surface area contributed by atoms with Gasteiger partial charge in [0.25, 0.3) is 5.91 Å². The summed E-state index contributed by atoms with van der Waals surface area (Å²) in [6.07, 6.45) is 5.14. The molecule has 0 saturated heterocycles. The predicted molar refractivity (Wildman–Crippen MR) is 98.7 cm³/mol. The Balaban J connectivity index is 1.71. The molecule has 0 aliphatic carbocycles. The molecule has 1 amide bonds. The minimum atomic E-state index is -0.632. The molecule has 2 aromatic carbocycles. The molecule has 1 aromatic heterocycles. The van der Waals surface area contributed by atoms with Crippen LogP contribution in [0.5, 0.6) is 0 Å². The van der Waals surface area contributed by atoms with Crippen LogP contribution < -0.4 is 5.32 Å². The summed E-state index contributed by atoms with van der Waals surface area (Å²) in [7, 11) is 3.42. The van der Waals surface area contributed by atoms with Crippen LogP contribution in [0.25, 0.3) is 5.69 Å². The number of benzene rings is 2. The van der Waals surface area contributed by atoms with Gasteiger partial charge in [-0.1, -0.05) is 6.07 Å². The summed E-state index contributed by atoms with van der Waals surface area (Å²) in [4.78, 5) is 18.1. The van der Waals surface area contributed by atoms with E-state index in [0.29, 0.717) is 5.56 Å². The second kappa shape index (κ2) is 8.09. The second-order valence-corrected chi connectivity index (χ2v) is 6.34. The van der Waals surface area contributed by atoms with Crippen LogP contribution >= 0.6 is 0 Å². The van der Waals surface area contributed by atoms with Crippen LogP contribution in [0.4, 0.5) is 8.78 Å². The van der Waals surface area contributed by atoms with E-state index in [1.54, 1.807) is 62.0 Å². The smallest absolute Gasteiger partial charge is 0.251 e. The molecule has 0 bridgehead atoms. The number of halogens is 2. The molecule has 0 spiro atoms. The number of hydrogen-bond donors (Lipinski definition) is 1. The van der Waals surface area contributed by atoms with Gasteiger partial charge < -0.3 is 14.8 Å². The average molecular weight is 370 g/mol. The Kier molecular flexibility index (Phi) is 5.61. The van der Waals surface area contributed by atoms with Crippen LogP contribution in [0.3, 0.4) is 0 Å². The molecule has 0 fully saturated rings. The average Bonchev–Trinajstić information content (AvgIpc) is 3.18. The molecule has 0 aliphatic rings. The summed E-state index contributed by atoms with van der Waals surface area (Å²) in [5.74, 6) is -1.57. The SMILES string of the molecule is CN(C)C(CNC(=O)c1ccc(-n2ccnc2)cc1)c1c(F)cccc1F. The van der Waals surface area contributed by atoms with Gasteiger partial charge >= 0.3 is 0 Å². The number of amides is 1. The molecular weight excluding hydrogens is 350 g/mol. The van der Waals surface area contributed by atoms with Crippen LogP contribution in [0, 0.1) is 11.6 Å². The second-order valence-electron chi connectivity index (χ2n) is 6.34. The summed E-state index contributed by atoms with van der Waals surface area (Å²) < 4.78 is 30.0. The van der Waals surface area contributed by atoms with E-state index in [4.69, 9.17) is 0 Å². The van der Waals surface area contributed by atoms with Crippen LogP contribution in [0.2, 0.25) is 0 Å². The monoisotopic (exact) mass is 370 g/mol. The Morgan fingerprint density at radius 1 is 1.15 bits per heavy atom. The summed E-state index contributed by atoms with van der Waals surface area (Å²) in [5.41, 5.74) is 1.28. The van der Waals surface area contributed by atoms with Gasteiger partial charge in [-0.15, -0.1) is 0 Å². The summed E-state index contributed by atoms with van der Waals surface area (Å²) in [5, 5.41) is 2.75. The van der Waals surface area contributed by atoms with Crippen LogP contribution in [0.15, 0.2) is 61.2 Å². The van der Waals surface area contributed by atoms with Crippen molar-refractivity contribution in [2.24, 2.45) is 0 Å². The van der Waals surface area contributed by atoms with Crippen molar-refractivity contribution in [3.05, 3.63) is 83.9 Å². The van der Waals surface area contributed by atoms with Crippen molar-refractivity contribution in [1.29, 1.82) is 0 Å². The maximum Gasteiger partial charge on any atom is 0.251 e. The first kappa shape index (κ1) is 18.7. The molecular formula is C20H20F2N4O. The van der Waals surface area contributed by atoms with Crippen LogP contribution in [0.1, 0.15) is 22.0 Å². The highest BCUT2D eigenvalue weighted by molar-refractivity contribution is 5.94. The van der Waals surface area contributed by atoms with Gasteiger partial charge in [-0.2, -0.15) is 0 Å². The molecule has 27 heavy (non-hydrogen) atoms. The topological polar surface area (TPSA) is 50.2 Å². The minimum Gasteiger partial charge on any atom is -0.350 e. The van der Waals surface area contributed by atoms with Crippen molar-refractivity contribution in [2.75, 3.05) is 20.6 Å². The van der Waals surface area contributed by atoms with E-state index < -0.39 is 17.7 Å². The van der Waals surface area contributed by atoms with E-state index in [0.717, 1.165) is 5.69 Å². The maximum atomic E-state index is 14.1. The fraction of sp³-hybridized carbons (Fsp3) is 0.200. The zero-order valence-electron chi connectivity index (χ0n) is 15.1. The van der Waals surface area contributed by atoms with Crippen molar-refractivity contribution in [3.63, 3.8) is 0 Å². The Hall–Kier alpha value is -3.06. The van der Waals surface area contributed by atoms with Gasteiger partial charge in [-0.25, -0.2) is 13.8 Å². The van der Waals surface area contributed by atoms with Crippen molar-refractivity contribution >= 4 is 5.91 Å². The van der Waals surface area contributed by atoms with Gasteiger partial charge in [-0.3, -0.25) is 4.79 Å². The van der Waals surface area contributed by atoms with Crippen molar-refractivity contribution < 1.29 is 13.6 Å². The van der Waals surface area contributed by atoms with Gasteiger partial charge in [0.2, 0.25) is 0 Å². The van der Waals surface area contributed by atoms with E-state index in [1.807, 2.05) is 4.57 Å². The van der Waals surface area contributed by atoms with E-state index in [9.17, 15) is 13.6 Å². The Bertz CT molecular complexity index is 888. The maximum absolute atomic E-state index is 14.1. The Labute approximate surface area is 156 Å². The first-order valence-corrected chi connectivity index (χ1v) is 8.44. The third kappa shape index (κ3) is 4.20. The molecule has 1 atom stereocenters. The number of rotatable bonds is 6. The number of aromatic nitrogens is 2. The summed E-state index contributed by atoms with van der Waals surface area (Å²) in [6.45, 7) is 0.0763. The number of imidazole rings is 1. The molecule has 1 unspecified atom stereocenters.